The number of ether oxygens (including phenoxy) is 1. The van der Waals surface area contributed by atoms with Crippen LogP contribution in [0.2, 0.25) is 15.2 Å². The van der Waals surface area contributed by atoms with Crippen molar-refractivity contribution in [2.24, 2.45) is 0 Å². The minimum absolute atomic E-state index is 0.170. The number of pyridine rings is 1. The third kappa shape index (κ3) is 3.33. The van der Waals surface area contributed by atoms with Gasteiger partial charge in [-0.3, -0.25) is 0 Å². The molecule has 19 heavy (non-hydrogen) atoms. The third-order valence-electron chi connectivity index (χ3n) is 2.60. The highest BCUT2D eigenvalue weighted by Crippen LogP contribution is 2.35. The maximum absolute atomic E-state index is 6.05. The fourth-order valence-electron chi connectivity index (χ4n) is 1.65. The molecule has 1 aromatic carbocycles. The molecule has 0 atom stereocenters. The molecule has 0 amide bonds. The Hall–Kier alpha value is -0.960. The first-order valence-corrected chi connectivity index (χ1v) is 6.90. The van der Waals surface area contributed by atoms with Gasteiger partial charge in [-0.2, -0.15) is 4.98 Å². The summed E-state index contributed by atoms with van der Waals surface area (Å²) >= 11 is 17.8. The van der Waals surface area contributed by atoms with Gasteiger partial charge in [0.2, 0.25) is 5.88 Å². The monoisotopic (exact) mass is 315 g/mol. The van der Waals surface area contributed by atoms with Gasteiger partial charge in [-0.1, -0.05) is 66.8 Å². The number of aromatic nitrogens is 1. The van der Waals surface area contributed by atoms with Crippen LogP contribution in [0.3, 0.4) is 0 Å². The van der Waals surface area contributed by atoms with Crippen molar-refractivity contribution >= 4 is 34.8 Å². The van der Waals surface area contributed by atoms with Gasteiger partial charge in [0.1, 0.15) is 10.8 Å². The first kappa shape index (κ1) is 14.4. The molecule has 0 N–H and O–H groups in total. The van der Waals surface area contributed by atoms with E-state index in [0.29, 0.717) is 21.7 Å². The second-order valence-corrected chi connectivity index (χ2v) is 5.51. The second-order valence-electron chi connectivity index (χ2n) is 4.34. The van der Waals surface area contributed by atoms with Gasteiger partial charge >= 0.3 is 0 Å². The van der Waals surface area contributed by atoms with Crippen molar-refractivity contribution in [1.82, 2.24) is 4.98 Å². The summed E-state index contributed by atoms with van der Waals surface area (Å²) in [6.45, 7) is 4.18. The predicted molar refractivity (Wildman–Crippen MR) is 79.9 cm³/mol. The van der Waals surface area contributed by atoms with Crippen LogP contribution in [-0.4, -0.2) is 4.98 Å². The molecular weight excluding hydrogens is 305 g/mol. The molecule has 0 radical (unpaired) electrons. The quantitative estimate of drug-likeness (QED) is 0.652. The maximum atomic E-state index is 6.05. The number of halogens is 3. The second kappa shape index (κ2) is 6.00. The van der Waals surface area contributed by atoms with Gasteiger partial charge in [0.05, 0.1) is 5.02 Å². The number of benzene rings is 1. The number of hydrogen-bond acceptors (Lipinski definition) is 2. The van der Waals surface area contributed by atoms with Gasteiger partial charge in [-0.05, 0) is 23.6 Å². The van der Waals surface area contributed by atoms with Crippen molar-refractivity contribution < 1.29 is 4.74 Å². The highest BCUT2D eigenvalue weighted by molar-refractivity contribution is 6.42. The summed E-state index contributed by atoms with van der Waals surface area (Å²) < 4.78 is 5.75. The Labute approximate surface area is 127 Å². The summed E-state index contributed by atoms with van der Waals surface area (Å²) in [5.74, 6) is 1.30. The lowest BCUT2D eigenvalue weighted by molar-refractivity contribution is 0.455. The molecule has 5 heteroatoms. The van der Waals surface area contributed by atoms with Crippen LogP contribution in [0.25, 0.3) is 0 Å². The Morgan fingerprint density at radius 2 is 1.74 bits per heavy atom. The average molecular weight is 317 g/mol. The zero-order valence-corrected chi connectivity index (χ0v) is 12.7. The largest absolute Gasteiger partial charge is 0.437 e. The van der Waals surface area contributed by atoms with Crippen LogP contribution in [0.4, 0.5) is 0 Å². The van der Waals surface area contributed by atoms with Gasteiger partial charge < -0.3 is 4.74 Å². The van der Waals surface area contributed by atoms with Gasteiger partial charge in [0.25, 0.3) is 0 Å². The number of rotatable bonds is 3. The summed E-state index contributed by atoms with van der Waals surface area (Å²) in [6, 6.07) is 9.26. The normalized spacial score (nSPS) is 10.8. The average Bonchev–Trinajstić information content (AvgIpc) is 2.36. The molecule has 0 aliphatic heterocycles. The molecule has 2 aromatic rings. The van der Waals surface area contributed by atoms with E-state index < -0.39 is 0 Å². The van der Waals surface area contributed by atoms with E-state index in [1.807, 2.05) is 24.3 Å². The molecule has 100 valence electrons. The molecule has 0 aliphatic carbocycles. The molecule has 0 unspecified atom stereocenters. The number of hydrogen-bond donors (Lipinski definition) is 0. The van der Waals surface area contributed by atoms with Crippen molar-refractivity contribution in [3.63, 3.8) is 0 Å². The molecule has 0 aliphatic rings. The number of nitrogens with zero attached hydrogens (tertiary/aromatic N) is 1. The van der Waals surface area contributed by atoms with E-state index in [1.165, 1.54) is 6.07 Å². The molecule has 2 rings (SSSR count). The van der Waals surface area contributed by atoms with Crippen LogP contribution in [-0.2, 0) is 0 Å². The van der Waals surface area contributed by atoms with Crippen LogP contribution in [0, 0.1) is 0 Å². The fourth-order valence-corrected chi connectivity index (χ4v) is 2.18. The number of para-hydroxylation sites is 1. The molecule has 2 nitrogen and oxygen atoms in total. The molecule has 1 aromatic heterocycles. The van der Waals surface area contributed by atoms with Crippen molar-refractivity contribution in [3.05, 3.63) is 51.1 Å². The van der Waals surface area contributed by atoms with E-state index in [0.717, 1.165) is 5.56 Å². The first-order valence-electron chi connectivity index (χ1n) is 5.77. The summed E-state index contributed by atoms with van der Waals surface area (Å²) in [4.78, 5) is 4.05. The molecule has 0 saturated carbocycles. The van der Waals surface area contributed by atoms with Crippen molar-refractivity contribution in [1.29, 1.82) is 0 Å². The highest BCUT2D eigenvalue weighted by Gasteiger charge is 2.13. The first-order chi connectivity index (χ1) is 8.99. The van der Waals surface area contributed by atoms with Gasteiger partial charge in [0.15, 0.2) is 5.15 Å². The molecular formula is C14H12Cl3NO. The minimum Gasteiger partial charge on any atom is -0.437 e. The predicted octanol–water partition coefficient (Wildman–Crippen LogP) is 5.96. The summed E-state index contributed by atoms with van der Waals surface area (Å²) in [5.41, 5.74) is 1.08. The molecule has 0 spiro atoms. The van der Waals surface area contributed by atoms with Crippen LogP contribution in [0.15, 0.2) is 30.3 Å². The van der Waals surface area contributed by atoms with E-state index in [9.17, 15) is 0 Å². The van der Waals surface area contributed by atoms with Crippen molar-refractivity contribution in [2.45, 2.75) is 19.8 Å². The Bertz CT molecular complexity index is 599. The van der Waals surface area contributed by atoms with E-state index in [4.69, 9.17) is 39.5 Å². The Morgan fingerprint density at radius 1 is 1.05 bits per heavy atom. The molecule has 0 bridgehead atoms. The Balaban J connectivity index is 2.39. The standard InChI is InChI=1S/C14H12Cl3NO/c1-8(2)9-5-3-4-6-12(9)19-14-11(16)7-10(15)13(17)18-14/h3-8H,1-2H3. The van der Waals surface area contributed by atoms with Crippen LogP contribution >= 0.6 is 34.8 Å². The van der Waals surface area contributed by atoms with Crippen LogP contribution < -0.4 is 4.74 Å². The zero-order chi connectivity index (χ0) is 14.0. The Kier molecular flexibility index (Phi) is 4.56. The van der Waals surface area contributed by atoms with E-state index in [-0.39, 0.29) is 11.0 Å². The summed E-state index contributed by atoms with van der Waals surface area (Å²) in [7, 11) is 0. The topological polar surface area (TPSA) is 22.1 Å². The third-order valence-corrected chi connectivity index (χ3v) is 3.55. The molecule has 0 saturated heterocycles. The van der Waals surface area contributed by atoms with Crippen molar-refractivity contribution in [3.8, 4) is 11.6 Å². The highest BCUT2D eigenvalue weighted by atomic mass is 35.5. The van der Waals surface area contributed by atoms with Crippen molar-refractivity contribution in [2.75, 3.05) is 0 Å². The summed E-state index contributed by atoms with van der Waals surface area (Å²) in [6.07, 6.45) is 0. The summed E-state index contributed by atoms with van der Waals surface area (Å²) in [5, 5.41) is 0.798. The SMILES string of the molecule is CC(C)c1ccccc1Oc1nc(Cl)c(Cl)cc1Cl. The zero-order valence-electron chi connectivity index (χ0n) is 10.5. The van der Waals surface area contributed by atoms with E-state index in [1.54, 1.807) is 0 Å². The van der Waals surface area contributed by atoms with E-state index >= 15 is 0 Å². The van der Waals surface area contributed by atoms with Crippen LogP contribution in [0.1, 0.15) is 25.3 Å². The maximum Gasteiger partial charge on any atom is 0.239 e. The smallest absolute Gasteiger partial charge is 0.239 e. The lowest BCUT2D eigenvalue weighted by atomic mass is 10.0. The fraction of sp³-hybridized carbons (Fsp3) is 0.214. The van der Waals surface area contributed by atoms with Crippen LogP contribution in [0.5, 0.6) is 11.6 Å². The Morgan fingerprint density at radius 3 is 2.42 bits per heavy atom. The van der Waals surface area contributed by atoms with Gasteiger partial charge in [-0.15, -0.1) is 0 Å². The molecule has 0 fully saturated rings. The minimum atomic E-state index is 0.170. The molecule has 1 heterocycles. The van der Waals surface area contributed by atoms with Gasteiger partial charge in [0, 0.05) is 0 Å². The van der Waals surface area contributed by atoms with E-state index in [2.05, 4.69) is 18.8 Å². The van der Waals surface area contributed by atoms with Gasteiger partial charge in [-0.25, -0.2) is 0 Å². The lowest BCUT2D eigenvalue weighted by Crippen LogP contribution is -1.96. The lowest BCUT2D eigenvalue weighted by Gasteiger charge is -2.13.